The van der Waals surface area contributed by atoms with E-state index in [1.165, 1.54) is 37.6 Å². The fourth-order valence-corrected chi connectivity index (χ4v) is 7.75. The number of nitrogens with one attached hydrogen (secondary N) is 1. The van der Waals surface area contributed by atoms with Crippen LogP contribution in [0.5, 0.6) is 0 Å². The zero-order valence-corrected chi connectivity index (χ0v) is 31.8. The first-order valence-electron chi connectivity index (χ1n) is 19.2. The second kappa shape index (κ2) is 17.3. The Morgan fingerprint density at radius 2 is 1.76 bits per heavy atom. The van der Waals surface area contributed by atoms with Gasteiger partial charge in [-0.1, -0.05) is 87.0 Å². The van der Waals surface area contributed by atoms with Crippen LogP contribution in [-0.2, 0) is 27.5 Å². The molecule has 0 radical (unpaired) electrons. The molecule has 10 heteroatoms. The number of aliphatic imine (C=N–C) groups is 1. The van der Waals surface area contributed by atoms with Gasteiger partial charge in [0.25, 0.3) is 5.91 Å². The van der Waals surface area contributed by atoms with E-state index in [2.05, 4.69) is 47.1 Å². The van der Waals surface area contributed by atoms with Crippen molar-refractivity contribution in [3.63, 3.8) is 0 Å². The number of amidine groups is 1. The van der Waals surface area contributed by atoms with Gasteiger partial charge in [0.05, 0.1) is 13.2 Å². The van der Waals surface area contributed by atoms with Crippen LogP contribution < -0.4 is 4.72 Å². The summed E-state index contributed by atoms with van der Waals surface area (Å²) in [5.41, 5.74) is 4.54. The lowest BCUT2D eigenvalue weighted by Crippen LogP contribution is -2.52. The molecule has 3 fully saturated rings. The van der Waals surface area contributed by atoms with E-state index < -0.39 is 5.54 Å². The molecular weight excluding hydrogens is 659 g/mol. The number of rotatable bonds is 13. The number of aromatic nitrogens is 1. The summed E-state index contributed by atoms with van der Waals surface area (Å²) in [4.78, 5) is 37.2. The first-order chi connectivity index (χ1) is 24.8. The number of unbranched alkanes of at least 4 members (excludes halogenated alkanes) is 1. The molecule has 0 atom stereocenters. The summed E-state index contributed by atoms with van der Waals surface area (Å²) < 4.78 is 14.7. The van der Waals surface area contributed by atoms with Gasteiger partial charge in [0.15, 0.2) is 5.82 Å². The topological polar surface area (TPSA) is 100 Å². The van der Waals surface area contributed by atoms with Crippen molar-refractivity contribution in [3.8, 4) is 11.1 Å². The number of ether oxygens (including phenoxy) is 1. The first-order valence-corrected chi connectivity index (χ1v) is 20.0. The van der Waals surface area contributed by atoms with Crippen molar-refractivity contribution in [2.45, 2.75) is 128 Å². The molecule has 51 heavy (non-hydrogen) atoms. The van der Waals surface area contributed by atoms with E-state index in [0.717, 1.165) is 88.7 Å². The molecule has 0 bridgehead atoms. The van der Waals surface area contributed by atoms with Crippen LogP contribution in [-0.4, -0.2) is 57.8 Å². The van der Waals surface area contributed by atoms with E-state index in [9.17, 15) is 9.59 Å². The smallest absolute Gasteiger partial charge is 0.256 e. The van der Waals surface area contributed by atoms with Gasteiger partial charge in [0.1, 0.15) is 17.1 Å². The Balaban J connectivity index is 0.00000105. The summed E-state index contributed by atoms with van der Waals surface area (Å²) in [6.45, 7) is 10.8. The molecule has 2 aromatic carbocycles. The average Bonchev–Trinajstić information content (AvgIpc) is 3.54. The largest absolute Gasteiger partial charge is 0.377 e. The van der Waals surface area contributed by atoms with Gasteiger partial charge in [-0.25, -0.2) is 0 Å². The Morgan fingerprint density at radius 3 is 2.39 bits per heavy atom. The Kier molecular flexibility index (Phi) is 12.6. The van der Waals surface area contributed by atoms with E-state index in [-0.39, 0.29) is 17.7 Å². The molecule has 2 amide bonds. The Hall–Kier alpha value is -3.63. The highest BCUT2D eigenvalue weighted by Crippen LogP contribution is 2.39. The maximum atomic E-state index is 14.2. The molecule has 1 saturated heterocycles. The van der Waals surface area contributed by atoms with Gasteiger partial charge in [-0.3, -0.25) is 19.5 Å². The van der Waals surface area contributed by atoms with E-state index in [0.29, 0.717) is 45.7 Å². The molecule has 0 unspecified atom stereocenters. The molecule has 1 spiro atoms. The number of amides is 2. The van der Waals surface area contributed by atoms with E-state index >= 15 is 0 Å². The third kappa shape index (κ3) is 8.54. The van der Waals surface area contributed by atoms with Crippen molar-refractivity contribution in [2.24, 2.45) is 10.9 Å². The molecule has 1 aromatic heterocycles. The van der Waals surface area contributed by atoms with Crippen molar-refractivity contribution in [1.82, 2.24) is 15.0 Å². The normalized spacial score (nSPS) is 18.2. The minimum atomic E-state index is -0.753. The average molecular weight is 714 g/mol. The van der Waals surface area contributed by atoms with Gasteiger partial charge in [-0.15, -0.1) is 0 Å². The standard InChI is InChI=1S/C37H47N5O4S.C4H8/c1-5-7-15-33-38-37(18-20-41(21-19-37)35(43)28-11-10-12-28)36(44)42(33)23-27-16-17-30(29(22-27)24-45-6-2)31-13-8-9-14-32(31)47-40-34-25(3)26(4)46-39-34;1-2-4-3-1/h8-9,13-14,16-17,22,28H,5-7,10-12,15,18-21,23-24H2,1-4H3,(H,39,40);1-4H2. The second-order valence-electron chi connectivity index (χ2n) is 14.5. The number of carbonyl (C=O) groups is 2. The molecule has 2 saturated carbocycles. The molecule has 3 heterocycles. The quantitative estimate of drug-likeness (QED) is 0.176. The maximum absolute atomic E-state index is 14.2. The molecule has 2 aliphatic carbocycles. The lowest BCUT2D eigenvalue weighted by molar-refractivity contribution is -0.143. The molecule has 274 valence electrons. The van der Waals surface area contributed by atoms with E-state index in [1.54, 1.807) is 0 Å². The van der Waals surface area contributed by atoms with Crippen LogP contribution in [0, 0.1) is 19.8 Å². The Bertz CT molecular complexity index is 1680. The summed E-state index contributed by atoms with van der Waals surface area (Å²) in [7, 11) is 0. The maximum Gasteiger partial charge on any atom is 0.256 e. The molecule has 4 aliphatic rings. The van der Waals surface area contributed by atoms with Gasteiger partial charge in [0.2, 0.25) is 5.91 Å². The summed E-state index contributed by atoms with van der Waals surface area (Å²) in [5, 5.41) is 4.15. The molecule has 3 aromatic rings. The first kappa shape index (κ1) is 37.1. The number of aryl methyl sites for hydroxylation is 1. The van der Waals surface area contributed by atoms with Crippen LogP contribution in [0.3, 0.4) is 0 Å². The number of likely N-dealkylation sites (tertiary alicyclic amines) is 1. The summed E-state index contributed by atoms with van der Waals surface area (Å²) in [6, 6.07) is 14.8. The number of carbonyl (C=O) groups excluding carboxylic acids is 2. The zero-order chi connectivity index (χ0) is 35.8. The molecule has 2 aliphatic heterocycles. The lowest BCUT2D eigenvalue weighted by atomic mass is 9.82. The minimum Gasteiger partial charge on any atom is -0.377 e. The zero-order valence-electron chi connectivity index (χ0n) is 31.0. The van der Waals surface area contributed by atoms with Crippen molar-refractivity contribution < 1.29 is 18.8 Å². The van der Waals surface area contributed by atoms with E-state index in [1.807, 2.05) is 42.7 Å². The number of benzene rings is 2. The number of nitrogens with zero attached hydrogens (tertiary/aromatic N) is 4. The van der Waals surface area contributed by atoms with Gasteiger partial charge in [0, 0.05) is 42.5 Å². The van der Waals surface area contributed by atoms with Crippen LogP contribution in [0.25, 0.3) is 11.1 Å². The van der Waals surface area contributed by atoms with Gasteiger partial charge >= 0.3 is 0 Å². The monoisotopic (exact) mass is 713 g/mol. The summed E-state index contributed by atoms with van der Waals surface area (Å²) in [6.07, 6.45) is 13.1. The number of hydrogen-bond donors (Lipinski definition) is 1. The lowest BCUT2D eigenvalue weighted by Gasteiger charge is -2.39. The number of hydrogen-bond acceptors (Lipinski definition) is 8. The molecule has 7 rings (SSSR count). The van der Waals surface area contributed by atoms with Crippen molar-refractivity contribution >= 4 is 35.4 Å². The van der Waals surface area contributed by atoms with Crippen molar-refractivity contribution in [1.29, 1.82) is 0 Å². The van der Waals surface area contributed by atoms with Crippen LogP contribution in [0.1, 0.15) is 113 Å². The van der Waals surface area contributed by atoms with Crippen LogP contribution >= 0.6 is 11.9 Å². The van der Waals surface area contributed by atoms with Crippen molar-refractivity contribution in [3.05, 3.63) is 64.9 Å². The summed E-state index contributed by atoms with van der Waals surface area (Å²) in [5.74, 6) is 2.94. The van der Waals surface area contributed by atoms with Gasteiger partial charge in [-0.2, -0.15) is 0 Å². The SMILES string of the molecule is C1CCC1.CCCCC1=NC2(CCN(C(=O)C3CCC3)CC2)C(=O)N1Cc1ccc(-c2ccccc2SNc2noc(C)c2C)c(COCC)c1. The highest BCUT2D eigenvalue weighted by atomic mass is 32.2. The van der Waals surface area contributed by atoms with Gasteiger partial charge < -0.3 is 18.9 Å². The van der Waals surface area contributed by atoms with Gasteiger partial charge in [-0.05, 0) is 93.1 Å². The van der Waals surface area contributed by atoms with Crippen LogP contribution in [0.15, 0.2) is 56.9 Å². The summed E-state index contributed by atoms with van der Waals surface area (Å²) >= 11 is 1.51. The highest BCUT2D eigenvalue weighted by Gasteiger charge is 2.50. The van der Waals surface area contributed by atoms with Crippen LogP contribution in [0.2, 0.25) is 0 Å². The highest BCUT2D eigenvalue weighted by molar-refractivity contribution is 8.00. The predicted molar refractivity (Wildman–Crippen MR) is 205 cm³/mol. The third-order valence-electron chi connectivity index (χ3n) is 11.0. The molecule has 9 nitrogen and oxygen atoms in total. The Morgan fingerprint density at radius 1 is 1.02 bits per heavy atom. The van der Waals surface area contributed by atoms with E-state index in [4.69, 9.17) is 14.3 Å². The fourth-order valence-electron chi connectivity index (χ4n) is 6.92. The van der Waals surface area contributed by atoms with Crippen molar-refractivity contribution in [2.75, 3.05) is 24.4 Å². The fraction of sp³-hybridized carbons (Fsp3) is 0.561. The molecular formula is C41H55N5O4S. The minimum absolute atomic E-state index is 0.0842. The third-order valence-corrected chi connectivity index (χ3v) is 11.8. The Labute approximate surface area is 308 Å². The molecule has 1 N–H and O–H groups in total. The second-order valence-corrected chi connectivity index (χ2v) is 15.3. The predicted octanol–water partition coefficient (Wildman–Crippen LogP) is 9.27. The number of piperidine rings is 1. The number of anilines is 1. The van der Waals surface area contributed by atoms with Crippen LogP contribution in [0.4, 0.5) is 5.82 Å².